The van der Waals surface area contributed by atoms with Crippen LogP contribution in [0.3, 0.4) is 0 Å². The summed E-state index contributed by atoms with van der Waals surface area (Å²) in [6, 6.07) is 7.39. The predicted molar refractivity (Wildman–Crippen MR) is 104 cm³/mol. The lowest BCUT2D eigenvalue weighted by Gasteiger charge is -2.22. The molecule has 1 unspecified atom stereocenters. The molecule has 8 nitrogen and oxygen atoms in total. The Labute approximate surface area is 163 Å². The Hall–Kier alpha value is -2.90. The molecule has 1 aliphatic heterocycles. The fourth-order valence-corrected chi connectivity index (χ4v) is 3.38. The number of urea groups is 1. The third kappa shape index (κ3) is 4.00. The summed E-state index contributed by atoms with van der Waals surface area (Å²) in [5, 5.41) is 6.85. The van der Waals surface area contributed by atoms with E-state index in [0.717, 1.165) is 24.9 Å². The van der Waals surface area contributed by atoms with E-state index in [2.05, 4.69) is 15.5 Å². The lowest BCUT2D eigenvalue weighted by molar-refractivity contribution is -0.117. The van der Waals surface area contributed by atoms with Gasteiger partial charge in [-0.1, -0.05) is 5.16 Å². The first-order valence-corrected chi connectivity index (χ1v) is 9.78. The average molecular weight is 383 g/mol. The van der Waals surface area contributed by atoms with Crippen LogP contribution in [-0.4, -0.2) is 46.6 Å². The van der Waals surface area contributed by atoms with E-state index in [1.165, 1.54) is 0 Å². The highest BCUT2D eigenvalue weighted by Crippen LogP contribution is 2.38. The van der Waals surface area contributed by atoms with Crippen LogP contribution in [-0.2, 0) is 11.2 Å². The molecular formula is C20H25N5O3. The van der Waals surface area contributed by atoms with Crippen LogP contribution in [0.5, 0.6) is 0 Å². The molecule has 1 aromatic heterocycles. The van der Waals surface area contributed by atoms with E-state index in [9.17, 15) is 9.59 Å². The van der Waals surface area contributed by atoms with E-state index in [1.54, 1.807) is 11.9 Å². The van der Waals surface area contributed by atoms with E-state index in [-0.39, 0.29) is 18.0 Å². The van der Waals surface area contributed by atoms with Crippen molar-refractivity contribution in [3.8, 4) is 0 Å². The molecule has 0 radical (unpaired) electrons. The van der Waals surface area contributed by atoms with E-state index in [4.69, 9.17) is 4.52 Å². The van der Waals surface area contributed by atoms with Crippen LogP contribution in [0, 0.1) is 0 Å². The van der Waals surface area contributed by atoms with Crippen LogP contribution >= 0.6 is 0 Å². The molecule has 1 saturated heterocycles. The van der Waals surface area contributed by atoms with Gasteiger partial charge in [0.05, 0.1) is 0 Å². The van der Waals surface area contributed by atoms with E-state index >= 15 is 0 Å². The number of hydrogen-bond acceptors (Lipinski definition) is 5. The zero-order valence-corrected chi connectivity index (χ0v) is 16.2. The highest BCUT2D eigenvalue weighted by molar-refractivity contribution is 5.96. The van der Waals surface area contributed by atoms with Gasteiger partial charge in [-0.15, -0.1) is 0 Å². The Kier molecular flexibility index (Phi) is 5.02. The molecule has 2 fully saturated rings. The number of benzene rings is 1. The smallest absolute Gasteiger partial charge is 0.321 e. The molecule has 2 aromatic rings. The van der Waals surface area contributed by atoms with E-state index < -0.39 is 0 Å². The molecule has 4 rings (SSSR count). The summed E-state index contributed by atoms with van der Waals surface area (Å²) in [4.78, 5) is 32.2. The Bertz CT molecular complexity index is 859. The van der Waals surface area contributed by atoms with Crippen LogP contribution in [0.1, 0.15) is 50.2 Å². The highest BCUT2D eigenvalue weighted by atomic mass is 16.5. The van der Waals surface area contributed by atoms with Gasteiger partial charge < -0.3 is 19.6 Å². The van der Waals surface area contributed by atoms with Crippen LogP contribution in [0.2, 0.25) is 0 Å². The number of rotatable bonds is 6. The Morgan fingerprint density at radius 2 is 2.04 bits per heavy atom. The van der Waals surface area contributed by atoms with Crippen molar-refractivity contribution in [1.82, 2.24) is 15.0 Å². The van der Waals surface area contributed by atoms with Crippen LogP contribution < -0.4 is 10.2 Å². The molecule has 1 atom stereocenters. The third-order valence-electron chi connectivity index (χ3n) is 5.31. The minimum Gasteiger partial charge on any atom is -0.339 e. The molecule has 0 bridgehead atoms. The van der Waals surface area contributed by atoms with Crippen molar-refractivity contribution in [3.05, 3.63) is 36.0 Å². The molecule has 8 heteroatoms. The van der Waals surface area contributed by atoms with Crippen molar-refractivity contribution in [2.75, 3.05) is 23.8 Å². The lowest BCUT2D eigenvalue weighted by Crippen LogP contribution is -2.33. The maximum absolute atomic E-state index is 12.4. The number of aromatic nitrogens is 2. The minimum absolute atomic E-state index is 0.148. The topological polar surface area (TPSA) is 91.6 Å². The molecular weight excluding hydrogens is 358 g/mol. The van der Waals surface area contributed by atoms with Gasteiger partial charge in [-0.3, -0.25) is 4.79 Å². The second kappa shape index (κ2) is 7.61. The largest absolute Gasteiger partial charge is 0.339 e. The van der Waals surface area contributed by atoms with Crippen LogP contribution in [0.25, 0.3) is 0 Å². The van der Waals surface area contributed by atoms with Gasteiger partial charge in [0, 0.05) is 49.8 Å². The van der Waals surface area contributed by atoms with Gasteiger partial charge in [-0.25, -0.2) is 4.79 Å². The molecule has 28 heavy (non-hydrogen) atoms. The van der Waals surface area contributed by atoms with E-state index in [0.29, 0.717) is 42.7 Å². The Morgan fingerprint density at radius 3 is 2.68 bits per heavy atom. The van der Waals surface area contributed by atoms with Gasteiger partial charge in [-0.05, 0) is 50.5 Å². The second-order valence-corrected chi connectivity index (χ2v) is 7.62. The van der Waals surface area contributed by atoms with Crippen molar-refractivity contribution < 1.29 is 14.1 Å². The number of likely N-dealkylation sites (N-methyl/N-ethyl adjacent to an activating group) is 1. The summed E-state index contributed by atoms with van der Waals surface area (Å²) in [6.45, 7) is 2.54. The fourth-order valence-electron chi connectivity index (χ4n) is 3.38. The first-order valence-electron chi connectivity index (χ1n) is 9.78. The molecule has 0 spiro atoms. The zero-order chi connectivity index (χ0) is 19.7. The number of hydrogen-bond donors (Lipinski definition) is 1. The Balaban J connectivity index is 1.29. The summed E-state index contributed by atoms with van der Waals surface area (Å²) in [6.07, 6.45) is 4.26. The van der Waals surface area contributed by atoms with Gasteiger partial charge >= 0.3 is 6.03 Å². The summed E-state index contributed by atoms with van der Waals surface area (Å²) in [5.41, 5.74) is 1.56. The number of carbonyl (C=O) groups is 2. The molecule has 2 aliphatic rings. The molecule has 1 aliphatic carbocycles. The van der Waals surface area contributed by atoms with Crippen LogP contribution in [0.4, 0.5) is 16.2 Å². The van der Waals surface area contributed by atoms with Gasteiger partial charge in [0.1, 0.15) is 0 Å². The first-order chi connectivity index (χ1) is 13.5. The van der Waals surface area contributed by atoms with Gasteiger partial charge in [-0.2, -0.15) is 4.98 Å². The number of carbonyl (C=O) groups excluding carboxylic acids is 2. The predicted octanol–water partition coefficient (Wildman–Crippen LogP) is 3.17. The monoisotopic (exact) mass is 383 g/mol. The number of nitrogens with zero attached hydrogens (tertiary/aromatic N) is 4. The van der Waals surface area contributed by atoms with Crippen LogP contribution in [0.15, 0.2) is 28.8 Å². The lowest BCUT2D eigenvalue weighted by atomic mass is 10.2. The summed E-state index contributed by atoms with van der Waals surface area (Å²) < 4.78 is 5.24. The average Bonchev–Trinajstić information content (AvgIpc) is 3.34. The quantitative estimate of drug-likeness (QED) is 0.827. The number of anilines is 2. The number of amides is 3. The normalized spacial score (nSPS) is 19.1. The standard InChI is InChI=1S/C20H25N5O3/c1-13-3-10-18(26)25(13)16-8-6-15(7-9-16)21-20(27)24(2)12-11-17-22-19(28-23-17)14-4-5-14/h6-9,13-14H,3-5,10-12H2,1-2H3,(H,21,27). The molecule has 148 valence electrons. The third-order valence-corrected chi connectivity index (χ3v) is 5.31. The van der Waals surface area contributed by atoms with Gasteiger partial charge in [0.2, 0.25) is 11.8 Å². The summed E-state index contributed by atoms with van der Waals surface area (Å²) >= 11 is 0. The number of nitrogens with one attached hydrogen (secondary N) is 1. The fraction of sp³-hybridized carbons (Fsp3) is 0.500. The summed E-state index contributed by atoms with van der Waals surface area (Å²) in [5.74, 6) is 1.93. The van der Waals surface area contributed by atoms with Crippen molar-refractivity contribution >= 4 is 23.3 Å². The maximum atomic E-state index is 12.4. The van der Waals surface area contributed by atoms with Crippen molar-refractivity contribution in [2.45, 2.75) is 51.0 Å². The highest BCUT2D eigenvalue weighted by Gasteiger charge is 2.30. The molecule has 1 N–H and O–H groups in total. The molecule has 2 heterocycles. The molecule has 1 saturated carbocycles. The zero-order valence-electron chi connectivity index (χ0n) is 16.2. The minimum atomic E-state index is -0.204. The van der Waals surface area contributed by atoms with Gasteiger partial charge in [0.25, 0.3) is 0 Å². The van der Waals surface area contributed by atoms with E-state index in [1.807, 2.05) is 36.1 Å². The molecule has 1 aromatic carbocycles. The van der Waals surface area contributed by atoms with Crippen molar-refractivity contribution in [3.63, 3.8) is 0 Å². The SMILES string of the molecule is CC1CCC(=O)N1c1ccc(NC(=O)N(C)CCc2noc(C3CC3)n2)cc1. The molecule has 3 amide bonds. The Morgan fingerprint density at radius 1 is 1.29 bits per heavy atom. The van der Waals surface area contributed by atoms with Crippen molar-refractivity contribution in [2.24, 2.45) is 0 Å². The maximum Gasteiger partial charge on any atom is 0.321 e. The van der Waals surface area contributed by atoms with Crippen molar-refractivity contribution in [1.29, 1.82) is 0 Å². The van der Waals surface area contributed by atoms with Gasteiger partial charge in [0.15, 0.2) is 5.82 Å². The first kappa shape index (κ1) is 18.5. The summed E-state index contributed by atoms with van der Waals surface area (Å²) in [7, 11) is 1.73. The second-order valence-electron chi connectivity index (χ2n) is 7.62.